The van der Waals surface area contributed by atoms with Crippen molar-refractivity contribution in [3.63, 3.8) is 0 Å². The van der Waals surface area contributed by atoms with Crippen LogP contribution in [0, 0.1) is 6.92 Å². The molecule has 2 N–H and O–H groups in total. The zero-order valence-corrected chi connectivity index (χ0v) is 20.3. The molecule has 0 bridgehead atoms. The molecule has 0 spiro atoms. The minimum atomic E-state index is 0. The highest BCUT2D eigenvalue weighted by Crippen LogP contribution is 2.20. The second-order valence-electron chi connectivity index (χ2n) is 7.59. The number of rotatable bonds is 6. The first-order chi connectivity index (χ1) is 13.6. The molecular weight excluding hydrogens is 477 g/mol. The van der Waals surface area contributed by atoms with Gasteiger partial charge in [0.2, 0.25) is 0 Å². The van der Waals surface area contributed by atoms with Gasteiger partial charge < -0.3 is 15.2 Å². The molecule has 1 aliphatic rings. The van der Waals surface area contributed by atoms with Crippen molar-refractivity contribution in [3.05, 3.63) is 47.5 Å². The summed E-state index contributed by atoms with van der Waals surface area (Å²) in [5.41, 5.74) is 1.38. The van der Waals surface area contributed by atoms with Crippen molar-refractivity contribution >= 4 is 29.9 Å². The SMILES string of the molecule is CCNC(=NCc1nnc(C)n1C)NC1CCN(Cc2ccccc2)C(C)C1.I. The van der Waals surface area contributed by atoms with Crippen LogP contribution in [0.2, 0.25) is 0 Å². The topological polar surface area (TPSA) is 70.4 Å². The number of halogens is 1. The van der Waals surface area contributed by atoms with E-state index < -0.39 is 0 Å². The third kappa shape index (κ3) is 6.67. The molecule has 0 amide bonds. The summed E-state index contributed by atoms with van der Waals surface area (Å²) < 4.78 is 1.98. The van der Waals surface area contributed by atoms with Crippen LogP contribution < -0.4 is 10.6 Å². The lowest BCUT2D eigenvalue weighted by molar-refractivity contribution is 0.134. The van der Waals surface area contributed by atoms with Crippen molar-refractivity contribution in [3.8, 4) is 0 Å². The molecule has 8 heteroatoms. The quantitative estimate of drug-likeness (QED) is 0.355. The number of guanidine groups is 1. The smallest absolute Gasteiger partial charge is 0.191 e. The van der Waals surface area contributed by atoms with Gasteiger partial charge in [-0.05, 0) is 39.2 Å². The van der Waals surface area contributed by atoms with E-state index in [2.05, 4.69) is 69.9 Å². The maximum Gasteiger partial charge on any atom is 0.191 e. The fraction of sp³-hybridized carbons (Fsp3) is 0.571. The Morgan fingerprint density at radius 1 is 1.24 bits per heavy atom. The molecule has 7 nitrogen and oxygen atoms in total. The maximum atomic E-state index is 4.72. The fourth-order valence-electron chi connectivity index (χ4n) is 3.66. The van der Waals surface area contributed by atoms with Gasteiger partial charge in [-0.15, -0.1) is 34.2 Å². The lowest BCUT2D eigenvalue weighted by atomic mass is 9.97. The molecule has 1 saturated heterocycles. The van der Waals surface area contributed by atoms with Gasteiger partial charge in [0.1, 0.15) is 12.4 Å². The van der Waals surface area contributed by atoms with Crippen molar-refractivity contribution in [1.82, 2.24) is 30.3 Å². The van der Waals surface area contributed by atoms with Crippen molar-refractivity contribution in [1.29, 1.82) is 0 Å². The molecule has 0 aliphatic carbocycles. The number of aromatic nitrogens is 3. The minimum Gasteiger partial charge on any atom is -0.357 e. The molecule has 1 aromatic heterocycles. The van der Waals surface area contributed by atoms with Crippen LogP contribution >= 0.6 is 24.0 Å². The van der Waals surface area contributed by atoms with Crippen molar-refractivity contribution in [2.45, 2.75) is 58.8 Å². The van der Waals surface area contributed by atoms with Gasteiger partial charge in [0.15, 0.2) is 11.8 Å². The molecule has 2 aromatic rings. The Morgan fingerprint density at radius 3 is 2.62 bits per heavy atom. The Morgan fingerprint density at radius 2 is 2.00 bits per heavy atom. The van der Waals surface area contributed by atoms with Crippen LogP contribution in [0.15, 0.2) is 35.3 Å². The first kappa shape index (κ1) is 23.6. The van der Waals surface area contributed by atoms with E-state index >= 15 is 0 Å². The molecule has 2 unspecified atom stereocenters. The summed E-state index contributed by atoms with van der Waals surface area (Å²) in [6, 6.07) is 11.7. The summed E-state index contributed by atoms with van der Waals surface area (Å²) in [4.78, 5) is 7.29. The van der Waals surface area contributed by atoms with Gasteiger partial charge in [-0.25, -0.2) is 4.99 Å². The number of piperidine rings is 1. The molecule has 0 radical (unpaired) electrons. The van der Waals surface area contributed by atoms with E-state index in [0.717, 1.165) is 50.1 Å². The van der Waals surface area contributed by atoms with Gasteiger partial charge in [0.05, 0.1) is 0 Å². The normalized spacial score (nSPS) is 20.2. The van der Waals surface area contributed by atoms with Gasteiger partial charge in [-0.1, -0.05) is 30.3 Å². The number of aliphatic imine (C=N–C) groups is 1. The van der Waals surface area contributed by atoms with E-state index in [-0.39, 0.29) is 24.0 Å². The summed E-state index contributed by atoms with van der Waals surface area (Å²) in [6.07, 6.45) is 2.23. The van der Waals surface area contributed by atoms with Crippen LogP contribution in [0.3, 0.4) is 0 Å². The van der Waals surface area contributed by atoms with Crippen LogP contribution in [0.1, 0.15) is 43.9 Å². The van der Waals surface area contributed by atoms with Crippen LogP contribution in [0.5, 0.6) is 0 Å². The summed E-state index contributed by atoms with van der Waals surface area (Å²) >= 11 is 0. The van der Waals surface area contributed by atoms with E-state index in [9.17, 15) is 0 Å². The summed E-state index contributed by atoms with van der Waals surface area (Å²) in [5, 5.41) is 15.3. The van der Waals surface area contributed by atoms with E-state index in [1.165, 1.54) is 5.56 Å². The largest absolute Gasteiger partial charge is 0.357 e. The van der Waals surface area contributed by atoms with Crippen LogP contribution in [-0.4, -0.2) is 50.8 Å². The number of benzene rings is 1. The molecule has 2 heterocycles. The highest BCUT2D eigenvalue weighted by Gasteiger charge is 2.26. The summed E-state index contributed by atoms with van der Waals surface area (Å²) in [6.45, 7) is 9.84. The zero-order chi connectivity index (χ0) is 19.9. The Balaban J connectivity index is 0.00000300. The average Bonchev–Trinajstić information content (AvgIpc) is 3.01. The predicted octanol–water partition coefficient (Wildman–Crippen LogP) is 2.85. The molecule has 1 aromatic carbocycles. The van der Waals surface area contributed by atoms with Gasteiger partial charge in [-0.3, -0.25) is 4.90 Å². The first-order valence-electron chi connectivity index (χ1n) is 10.2. The van der Waals surface area contributed by atoms with E-state index in [4.69, 9.17) is 4.99 Å². The van der Waals surface area contributed by atoms with E-state index in [1.807, 2.05) is 18.5 Å². The molecule has 0 saturated carbocycles. The molecule has 3 rings (SSSR count). The Labute approximate surface area is 191 Å². The highest BCUT2D eigenvalue weighted by atomic mass is 127. The molecule has 1 aliphatic heterocycles. The number of nitrogens with one attached hydrogen (secondary N) is 2. The number of hydrogen-bond acceptors (Lipinski definition) is 4. The van der Waals surface area contributed by atoms with Crippen LogP contribution in [-0.2, 0) is 20.1 Å². The Kier molecular flexibility index (Phi) is 9.35. The van der Waals surface area contributed by atoms with E-state index in [1.54, 1.807) is 0 Å². The number of aryl methyl sites for hydroxylation is 1. The number of likely N-dealkylation sites (tertiary alicyclic amines) is 1. The first-order valence-corrected chi connectivity index (χ1v) is 10.2. The van der Waals surface area contributed by atoms with Gasteiger partial charge in [0, 0.05) is 38.8 Å². The van der Waals surface area contributed by atoms with Crippen molar-refractivity contribution in [2.75, 3.05) is 13.1 Å². The minimum absolute atomic E-state index is 0. The third-order valence-corrected chi connectivity index (χ3v) is 5.49. The third-order valence-electron chi connectivity index (χ3n) is 5.49. The second-order valence-corrected chi connectivity index (χ2v) is 7.59. The lowest BCUT2D eigenvalue weighted by Crippen LogP contribution is -2.51. The summed E-state index contributed by atoms with van der Waals surface area (Å²) in [5.74, 6) is 2.64. The molecular formula is C21H34IN7. The molecule has 29 heavy (non-hydrogen) atoms. The number of nitrogens with zero attached hydrogens (tertiary/aromatic N) is 5. The van der Waals surface area contributed by atoms with Gasteiger partial charge in [-0.2, -0.15) is 0 Å². The standard InChI is InChI=1S/C21H33N7.HI/c1-5-22-21(23-14-20-26-25-17(3)27(20)4)24-19-11-12-28(16(2)13-19)15-18-9-7-6-8-10-18;/h6-10,16,19H,5,11-15H2,1-4H3,(H2,22,23,24);1H. The van der Waals surface area contributed by atoms with Gasteiger partial charge >= 0.3 is 0 Å². The fourth-order valence-corrected chi connectivity index (χ4v) is 3.66. The van der Waals surface area contributed by atoms with Crippen LogP contribution in [0.4, 0.5) is 0 Å². The van der Waals surface area contributed by atoms with Crippen molar-refractivity contribution < 1.29 is 0 Å². The molecule has 2 atom stereocenters. The van der Waals surface area contributed by atoms with Crippen molar-refractivity contribution in [2.24, 2.45) is 12.0 Å². The van der Waals surface area contributed by atoms with E-state index in [0.29, 0.717) is 18.6 Å². The lowest BCUT2D eigenvalue weighted by Gasteiger charge is -2.38. The van der Waals surface area contributed by atoms with Crippen LogP contribution in [0.25, 0.3) is 0 Å². The highest BCUT2D eigenvalue weighted by molar-refractivity contribution is 14.0. The maximum absolute atomic E-state index is 4.72. The molecule has 1 fully saturated rings. The zero-order valence-electron chi connectivity index (χ0n) is 17.9. The summed E-state index contributed by atoms with van der Waals surface area (Å²) in [7, 11) is 1.98. The number of hydrogen-bond donors (Lipinski definition) is 2. The molecule has 160 valence electrons. The van der Waals surface area contributed by atoms with Gasteiger partial charge in [0.25, 0.3) is 0 Å². The predicted molar refractivity (Wildman–Crippen MR) is 128 cm³/mol. The average molecular weight is 511 g/mol. The Hall–Kier alpha value is -1.68. The Bertz CT molecular complexity index is 775. The second kappa shape index (κ2) is 11.5. The monoisotopic (exact) mass is 511 g/mol.